The molecule has 138 valence electrons. The number of aryl methyl sites for hydroxylation is 1. The summed E-state index contributed by atoms with van der Waals surface area (Å²) >= 11 is 0. The number of rotatable bonds is 4. The second-order valence-corrected chi connectivity index (χ2v) is 6.57. The molecule has 1 N–H and O–H groups in total. The first kappa shape index (κ1) is 17.8. The van der Waals surface area contributed by atoms with Crippen molar-refractivity contribution in [3.8, 4) is 0 Å². The number of carboxylic acids is 1. The van der Waals surface area contributed by atoms with Crippen LogP contribution in [-0.4, -0.2) is 74.0 Å². The van der Waals surface area contributed by atoms with Crippen molar-refractivity contribution in [1.82, 2.24) is 24.4 Å². The van der Waals surface area contributed by atoms with Crippen molar-refractivity contribution in [3.05, 3.63) is 29.7 Å². The van der Waals surface area contributed by atoms with Gasteiger partial charge in [-0.3, -0.25) is 18.8 Å². The Bertz CT molecular complexity index is 862. The maximum absolute atomic E-state index is 12.6. The number of aromatic nitrogens is 3. The fourth-order valence-corrected chi connectivity index (χ4v) is 3.13. The maximum Gasteiger partial charge on any atom is 0.308 e. The van der Waals surface area contributed by atoms with Crippen LogP contribution in [0.15, 0.2) is 18.3 Å². The van der Waals surface area contributed by atoms with Crippen LogP contribution >= 0.6 is 0 Å². The van der Waals surface area contributed by atoms with Crippen LogP contribution in [0, 0.1) is 12.8 Å². The first-order valence-electron chi connectivity index (χ1n) is 8.44. The number of piperidine rings is 1. The van der Waals surface area contributed by atoms with Gasteiger partial charge in [0.15, 0.2) is 5.65 Å². The van der Waals surface area contributed by atoms with Crippen LogP contribution in [0.2, 0.25) is 0 Å². The number of likely N-dealkylation sites (N-methyl/N-ethyl adjacent to an activating group) is 1. The van der Waals surface area contributed by atoms with E-state index in [1.807, 2.05) is 0 Å². The van der Waals surface area contributed by atoms with Crippen molar-refractivity contribution in [1.29, 1.82) is 0 Å². The summed E-state index contributed by atoms with van der Waals surface area (Å²) in [4.78, 5) is 39.1. The zero-order chi connectivity index (χ0) is 18.8. The van der Waals surface area contributed by atoms with E-state index in [1.54, 1.807) is 36.7 Å². The number of carbonyl (C=O) groups is 3. The lowest BCUT2D eigenvalue weighted by Crippen LogP contribution is -2.46. The van der Waals surface area contributed by atoms with Crippen molar-refractivity contribution in [2.75, 3.05) is 26.7 Å². The van der Waals surface area contributed by atoms with Gasteiger partial charge in [0.1, 0.15) is 5.82 Å². The zero-order valence-electron chi connectivity index (χ0n) is 14.8. The highest BCUT2D eigenvalue weighted by Crippen LogP contribution is 2.17. The lowest BCUT2D eigenvalue weighted by Gasteiger charge is -2.32. The van der Waals surface area contributed by atoms with Gasteiger partial charge in [0.2, 0.25) is 5.91 Å². The van der Waals surface area contributed by atoms with Crippen molar-refractivity contribution in [2.24, 2.45) is 5.92 Å². The van der Waals surface area contributed by atoms with Crippen LogP contribution in [0.25, 0.3) is 5.65 Å². The number of pyridine rings is 1. The van der Waals surface area contributed by atoms with Gasteiger partial charge in [-0.25, -0.2) is 0 Å². The average Bonchev–Trinajstić information content (AvgIpc) is 3.01. The Hall–Kier alpha value is -2.97. The quantitative estimate of drug-likeness (QED) is 0.848. The highest BCUT2D eigenvalue weighted by atomic mass is 16.4. The van der Waals surface area contributed by atoms with Crippen LogP contribution in [0.3, 0.4) is 0 Å². The molecule has 0 aromatic carbocycles. The third-order valence-electron chi connectivity index (χ3n) is 4.66. The Kier molecular flexibility index (Phi) is 4.88. The summed E-state index contributed by atoms with van der Waals surface area (Å²) in [6.45, 7) is 2.42. The molecule has 1 aliphatic heterocycles. The Labute approximate surface area is 150 Å². The smallest absolute Gasteiger partial charge is 0.308 e. The van der Waals surface area contributed by atoms with Crippen molar-refractivity contribution in [2.45, 2.75) is 19.8 Å². The van der Waals surface area contributed by atoms with Gasteiger partial charge in [0.25, 0.3) is 5.91 Å². The van der Waals surface area contributed by atoms with Gasteiger partial charge < -0.3 is 14.9 Å². The molecule has 9 heteroatoms. The van der Waals surface area contributed by atoms with E-state index in [0.717, 1.165) is 0 Å². The number of likely N-dealkylation sites (tertiary alicyclic amines) is 1. The third-order valence-corrected chi connectivity index (χ3v) is 4.66. The van der Waals surface area contributed by atoms with E-state index >= 15 is 0 Å². The minimum atomic E-state index is -0.885. The van der Waals surface area contributed by atoms with Crippen molar-refractivity contribution < 1.29 is 19.5 Å². The lowest BCUT2D eigenvalue weighted by atomic mass is 9.98. The van der Waals surface area contributed by atoms with E-state index in [1.165, 1.54) is 9.80 Å². The number of carbonyl (C=O) groups excluding carboxylic acids is 2. The fourth-order valence-electron chi connectivity index (χ4n) is 3.13. The molecule has 0 radical (unpaired) electrons. The number of aliphatic carboxylic acids is 1. The molecule has 3 heterocycles. The van der Waals surface area contributed by atoms with Gasteiger partial charge in [-0.15, -0.1) is 10.2 Å². The first-order valence-corrected chi connectivity index (χ1v) is 8.44. The van der Waals surface area contributed by atoms with E-state index in [4.69, 9.17) is 5.11 Å². The Balaban J connectivity index is 1.67. The molecule has 1 unspecified atom stereocenters. The molecule has 2 amide bonds. The Morgan fingerprint density at radius 3 is 2.81 bits per heavy atom. The molecule has 2 aromatic rings. The van der Waals surface area contributed by atoms with Crippen LogP contribution in [-0.2, 0) is 9.59 Å². The summed E-state index contributed by atoms with van der Waals surface area (Å²) < 4.78 is 1.71. The summed E-state index contributed by atoms with van der Waals surface area (Å²) in [6.07, 6.45) is 2.88. The van der Waals surface area contributed by atoms with Gasteiger partial charge in [0, 0.05) is 26.3 Å². The van der Waals surface area contributed by atoms with Gasteiger partial charge in [-0.05, 0) is 31.9 Å². The summed E-state index contributed by atoms with van der Waals surface area (Å²) in [7, 11) is 1.56. The summed E-state index contributed by atoms with van der Waals surface area (Å²) in [6, 6.07) is 3.35. The minimum absolute atomic E-state index is 0.0929. The minimum Gasteiger partial charge on any atom is -0.481 e. The molecule has 0 saturated carbocycles. The Morgan fingerprint density at radius 2 is 2.08 bits per heavy atom. The second-order valence-electron chi connectivity index (χ2n) is 6.57. The lowest BCUT2D eigenvalue weighted by molar-refractivity contribution is -0.145. The number of amides is 2. The normalized spacial score (nSPS) is 17.3. The van der Waals surface area contributed by atoms with Gasteiger partial charge >= 0.3 is 5.97 Å². The molecular formula is C17H21N5O4. The molecule has 1 saturated heterocycles. The van der Waals surface area contributed by atoms with E-state index in [0.29, 0.717) is 36.4 Å². The summed E-state index contributed by atoms with van der Waals surface area (Å²) in [5, 5.41) is 17.1. The fraction of sp³-hybridized carbons (Fsp3) is 0.471. The molecule has 0 bridgehead atoms. The van der Waals surface area contributed by atoms with Gasteiger partial charge in [-0.1, -0.05) is 0 Å². The topological polar surface area (TPSA) is 108 Å². The van der Waals surface area contributed by atoms with E-state index in [2.05, 4.69) is 10.2 Å². The third kappa shape index (κ3) is 3.51. The molecular weight excluding hydrogens is 338 g/mol. The number of nitrogens with zero attached hydrogens (tertiary/aromatic N) is 5. The highest BCUT2D eigenvalue weighted by Gasteiger charge is 2.29. The molecule has 1 atom stereocenters. The predicted octanol–water partition coefficient (Wildman–Crippen LogP) is 0.433. The van der Waals surface area contributed by atoms with Crippen LogP contribution in [0.1, 0.15) is 29.0 Å². The van der Waals surface area contributed by atoms with Gasteiger partial charge in [-0.2, -0.15) is 0 Å². The van der Waals surface area contributed by atoms with Crippen LogP contribution < -0.4 is 0 Å². The largest absolute Gasteiger partial charge is 0.481 e. The number of fused-ring (bicyclic) bond motifs is 1. The molecule has 0 aliphatic carbocycles. The van der Waals surface area contributed by atoms with Crippen molar-refractivity contribution in [3.63, 3.8) is 0 Å². The molecule has 1 aliphatic rings. The number of hydrogen-bond acceptors (Lipinski definition) is 5. The molecule has 2 aromatic heterocycles. The molecule has 3 rings (SSSR count). The van der Waals surface area contributed by atoms with Crippen LogP contribution in [0.5, 0.6) is 0 Å². The van der Waals surface area contributed by atoms with E-state index < -0.39 is 11.9 Å². The number of carboxylic acid groups (broad SMARTS) is 1. The molecule has 26 heavy (non-hydrogen) atoms. The van der Waals surface area contributed by atoms with E-state index in [9.17, 15) is 14.4 Å². The predicted molar refractivity (Wildman–Crippen MR) is 91.6 cm³/mol. The maximum atomic E-state index is 12.6. The SMILES string of the molecule is Cc1nnc2ccc(C(=O)N(C)CC(=O)N3CCCC(C(=O)O)C3)cn12. The molecule has 0 spiro atoms. The molecule has 1 fully saturated rings. The zero-order valence-corrected chi connectivity index (χ0v) is 14.8. The summed E-state index contributed by atoms with van der Waals surface area (Å²) in [5.41, 5.74) is 1.07. The van der Waals surface area contributed by atoms with Gasteiger partial charge in [0.05, 0.1) is 18.0 Å². The van der Waals surface area contributed by atoms with E-state index in [-0.39, 0.29) is 24.9 Å². The van der Waals surface area contributed by atoms with Crippen LogP contribution in [0.4, 0.5) is 0 Å². The number of hydrogen-bond donors (Lipinski definition) is 1. The molecule has 9 nitrogen and oxygen atoms in total. The monoisotopic (exact) mass is 359 g/mol. The standard InChI is InChI=1S/C17H21N5O4/c1-11-18-19-14-6-5-12(9-22(11)14)16(24)20(2)10-15(23)21-7-3-4-13(8-21)17(25)26/h5-6,9,13H,3-4,7-8,10H2,1-2H3,(H,25,26). The highest BCUT2D eigenvalue weighted by molar-refractivity contribution is 5.96. The Morgan fingerprint density at radius 1 is 1.31 bits per heavy atom. The van der Waals surface area contributed by atoms with Crippen molar-refractivity contribution >= 4 is 23.4 Å². The summed E-state index contributed by atoms with van der Waals surface area (Å²) in [5.74, 6) is -1.28. The average molecular weight is 359 g/mol. The first-order chi connectivity index (χ1) is 12.4. The second kappa shape index (κ2) is 7.11.